The molecule has 0 amide bonds. The summed E-state index contributed by atoms with van der Waals surface area (Å²) in [7, 11) is 29.8. The van der Waals surface area contributed by atoms with Gasteiger partial charge >= 0.3 is 148 Å². The van der Waals surface area contributed by atoms with E-state index in [1.54, 1.807) is 0 Å². The maximum atomic E-state index is 8.45. The zero-order valence-electron chi connectivity index (χ0n) is 24.6. The van der Waals surface area contributed by atoms with Crippen LogP contribution in [0.25, 0.3) is 0 Å². The predicted molar refractivity (Wildman–Crippen MR) is 176 cm³/mol. The van der Waals surface area contributed by atoms with Crippen LogP contribution in [0.5, 0.6) is 34.5 Å². The van der Waals surface area contributed by atoms with E-state index in [1.165, 1.54) is 63.2 Å². The van der Waals surface area contributed by atoms with Gasteiger partial charge in [0.15, 0.2) is 34.5 Å². The number of halogens is 6. The molecule has 0 aliphatic carbocycles. The monoisotopic (exact) mass is 1180 g/mol. The summed E-state index contributed by atoms with van der Waals surface area (Å²) < 4.78 is 30.8. The minimum atomic E-state index is -3.06. The summed E-state index contributed by atoms with van der Waals surface area (Å²) in [5.74, 6) is 4.50. The first-order valence-electron chi connectivity index (χ1n) is 12.7. The fraction of sp³-hybridized carbons (Fsp3) is 0.222. The molecule has 3 aromatic rings. The molecular formula is C27H23Cl6K2N3O7Pt2. The van der Waals surface area contributed by atoms with E-state index >= 15 is 0 Å². The summed E-state index contributed by atoms with van der Waals surface area (Å²) in [6.07, 6.45) is 1.24. The number of nitriles is 3. The maximum absolute atomic E-state index is 8.45. The predicted octanol–water partition coefficient (Wildman–Crippen LogP) is 6.99. The molecule has 47 heavy (non-hydrogen) atoms. The van der Waals surface area contributed by atoms with E-state index in [2.05, 4.69) is 18.2 Å². The number of hydrogen-bond acceptors (Lipinski definition) is 9. The molecule has 0 spiro atoms. The van der Waals surface area contributed by atoms with Crippen LogP contribution in [0.15, 0.2) is 54.6 Å². The van der Waals surface area contributed by atoms with Crippen molar-refractivity contribution < 1.29 is 62.3 Å². The number of hydrogen-bond donors (Lipinski definition) is 0. The van der Waals surface area contributed by atoms with Gasteiger partial charge in [-0.2, -0.15) is 15.8 Å². The summed E-state index contributed by atoms with van der Waals surface area (Å²) in [5, 5.41) is 25.3. The van der Waals surface area contributed by atoms with E-state index in [0.717, 1.165) is 51.2 Å². The van der Waals surface area contributed by atoms with Crippen LogP contribution in [-0.2, 0) is 47.6 Å². The van der Waals surface area contributed by atoms with Crippen molar-refractivity contribution in [3.05, 3.63) is 71.3 Å². The molecular weight excluding hydrogens is 1160 g/mol. The Morgan fingerprint density at radius 3 is 0.979 bits per heavy atom. The summed E-state index contributed by atoms with van der Waals surface area (Å²) in [5.41, 5.74) is 2.88. The van der Waals surface area contributed by atoms with Crippen LogP contribution >= 0.6 is 56.5 Å². The zero-order chi connectivity index (χ0) is 34.4. The van der Waals surface area contributed by atoms with Crippen molar-refractivity contribution in [2.45, 2.75) is 19.3 Å². The van der Waals surface area contributed by atoms with Gasteiger partial charge in [0.05, 0.1) is 37.5 Å². The molecule has 0 radical (unpaired) electrons. The van der Waals surface area contributed by atoms with Gasteiger partial charge < -0.3 is 33.9 Å². The third-order valence-corrected chi connectivity index (χ3v) is 5.16. The Bertz CT molecular complexity index is 1340. The molecule has 3 aliphatic heterocycles. The molecule has 3 aromatic carbocycles. The number of benzene rings is 3. The van der Waals surface area contributed by atoms with Gasteiger partial charge in [-0.1, -0.05) is 18.2 Å². The Morgan fingerprint density at radius 1 is 0.553 bits per heavy atom. The molecule has 2 N–H and O–H groups in total. The third kappa shape index (κ3) is 21.4. The van der Waals surface area contributed by atoms with E-state index in [4.69, 9.17) is 101 Å². The van der Waals surface area contributed by atoms with Crippen molar-refractivity contribution in [3.8, 4) is 52.7 Å². The first-order valence-corrected chi connectivity index (χ1v) is 45.6. The standard InChI is InChI=1S/3C9H7NO2.6ClH.2K.H2O.2Pt/c3*10-4-3-7-1-2-8-9(5-7)12-6-11-8;;;;;;;;;;;/h3*1-2,5H,3,6H2;6*1H;;;1H2;;/q;;;;;;;;;;;;+2;+4/p-6. The fourth-order valence-corrected chi connectivity index (χ4v) is 3.43. The van der Waals surface area contributed by atoms with Crippen LogP contribution in [0.2, 0.25) is 0 Å². The molecule has 20 heteroatoms. The van der Waals surface area contributed by atoms with Gasteiger partial charge in [-0.05, 0) is 53.1 Å². The van der Waals surface area contributed by atoms with E-state index in [9.17, 15) is 0 Å². The second-order valence-corrected chi connectivity index (χ2v) is 30.9. The summed E-state index contributed by atoms with van der Waals surface area (Å²) in [6, 6.07) is 22.9. The second-order valence-electron chi connectivity index (χ2n) is 7.88. The fourth-order valence-electron chi connectivity index (χ4n) is 3.43. The van der Waals surface area contributed by atoms with Crippen LogP contribution < -0.4 is 28.4 Å². The van der Waals surface area contributed by atoms with Gasteiger partial charge in [0, 0.05) is 0 Å². The van der Waals surface area contributed by atoms with Crippen LogP contribution in [0.1, 0.15) is 16.7 Å². The summed E-state index contributed by atoms with van der Waals surface area (Å²) in [6.45, 7) is 0.849. The van der Waals surface area contributed by atoms with Crippen molar-refractivity contribution in [3.63, 3.8) is 0 Å². The van der Waals surface area contributed by atoms with Crippen LogP contribution in [0, 0.1) is 34.0 Å². The van der Waals surface area contributed by atoms with Crippen LogP contribution in [-0.4, -0.2) is 89.0 Å². The van der Waals surface area contributed by atoms with E-state index in [0.29, 0.717) is 19.3 Å². The molecule has 3 heterocycles. The first-order chi connectivity index (χ1) is 22.1. The van der Waals surface area contributed by atoms with Gasteiger partial charge in [0.25, 0.3) is 0 Å². The number of ether oxygens (including phenoxy) is 6. The second kappa shape index (κ2) is 28.8. The van der Waals surface area contributed by atoms with E-state index in [-0.39, 0.29) is 25.9 Å². The van der Waals surface area contributed by atoms with Crippen molar-refractivity contribution in [1.82, 2.24) is 0 Å². The van der Waals surface area contributed by atoms with Crippen molar-refractivity contribution in [1.29, 1.82) is 15.8 Å². The number of fused-ring (bicyclic) bond motifs is 3. The van der Waals surface area contributed by atoms with Gasteiger partial charge in [-0.25, -0.2) is 0 Å². The molecule has 0 aromatic heterocycles. The topological polar surface area (TPSA) is 158 Å². The number of rotatable bonds is 3. The van der Waals surface area contributed by atoms with Gasteiger partial charge in [0.2, 0.25) is 20.4 Å². The molecule has 0 atom stereocenters. The average molecular weight is 1180 g/mol. The molecule has 6 rings (SSSR count). The molecule has 0 saturated carbocycles. The molecule has 0 saturated heterocycles. The molecule has 3 aliphatic rings. The molecule has 10 nitrogen and oxygen atoms in total. The number of nitrogens with zero attached hydrogens (tertiary/aromatic N) is 3. The Balaban J connectivity index is 0.000000588. The van der Waals surface area contributed by atoms with Crippen molar-refractivity contribution in [2.75, 3.05) is 20.4 Å². The Kier molecular flexibility index (Phi) is 29.6. The average Bonchev–Trinajstić information content (AvgIpc) is 3.79. The van der Waals surface area contributed by atoms with Crippen molar-refractivity contribution >= 4 is 120 Å². The summed E-state index contributed by atoms with van der Waals surface area (Å²) >= 11 is -1.03. The summed E-state index contributed by atoms with van der Waals surface area (Å²) in [4.78, 5) is 0. The van der Waals surface area contributed by atoms with Crippen LogP contribution in [0.3, 0.4) is 0 Å². The normalized spacial score (nSPS) is 11.9. The van der Waals surface area contributed by atoms with Gasteiger partial charge in [0.1, 0.15) is 0 Å². The van der Waals surface area contributed by atoms with Gasteiger partial charge in [-0.3, -0.25) is 0 Å². The SMILES string of the molecule is N#CCc1ccc2c(c1)OCO2.N#CCc1ccc2c(c1)OCO2.N#CCc1ccc2c(c1)OCO2.O.[Cl][Pt]([Cl])([Cl])[Cl].[Cl][Pt][Cl].[K][K]. The Morgan fingerprint density at radius 2 is 0.766 bits per heavy atom. The Hall–Kier alpha value is 1.28. The van der Waals surface area contributed by atoms with Crippen LogP contribution in [0.4, 0.5) is 0 Å². The quantitative estimate of drug-likeness (QED) is 0.252. The first kappa shape index (κ1) is 48.3. The van der Waals surface area contributed by atoms with E-state index < -0.39 is 28.4 Å². The zero-order valence-corrected chi connectivity index (χ0v) is 40.0. The third-order valence-electron chi connectivity index (χ3n) is 5.16. The molecule has 252 valence electrons. The van der Waals surface area contributed by atoms with Gasteiger partial charge in [-0.15, -0.1) is 0 Å². The Labute approximate surface area is 353 Å². The van der Waals surface area contributed by atoms with E-state index in [1.807, 2.05) is 54.6 Å². The molecule has 0 bridgehead atoms. The molecule has 0 fully saturated rings. The minimum absolute atomic E-state index is 0. The molecule has 0 unspecified atom stereocenters. The van der Waals surface area contributed by atoms with Crippen molar-refractivity contribution in [2.24, 2.45) is 0 Å².